The maximum absolute atomic E-state index is 12.6. The molecule has 0 aliphatic carbocycles. The summed E-state index contributed by atoms with van der Waals surface area (Å²) in [7, 11) is 0. The maximum Gasteiger partial charge on any atom is 0.251 e. The Bertz CT molecular complexity index is 826. The van der Waals surface area contributed by atoms with E-state index in [0.29, 0.717) is 12.0 Å². The summed E-state index contributed by atoms with van der Waals surface area (Å²) in [4.78, 5) is 25.1. The minimum absolute atomic E-state index is 0.315. The van der Waals surface area contributed by atoms with Crippen molar-refractivity contribution in [3.05, 3.63) is 59.7 Å². The highest BCUT2D eigenvalue weighted by atomic mass is 16.2. The van der Waals surface area contributed by atoms with Crippen molar-refractivity contribution in [1.29, 1.82) is 0 Å². The number of unbranched alkanes of at least 4 members (excludes halogenated alkanes) is 2. The van der Waals surface area contributed by atoms with Crippen LogP contribution in [-0.2, 0) is 11.2 Å². The number of nitrogens with two attached hydrogens (primary N) is 2. The molecular weight excluding hydrogens is 374 g/mol. The van der Waals surface area contributed by atoms with E-state index in [4.69, 9.17) is 11.5 Å². The molecule has 5 heteroatoms. The second kappa shape index (κ2) is 11.0. The summed E-state index contributed by atoms with van der Waals surface area (Å²) in [6.07, 6.45) is 5.38. The smallest absolute Gasteiger partial charge is 0.251 e. The molecule has 0 aromatic heterocycles. The summed E-state index contributed by atoms with van der Waals surface area (Å²) in [5, 5.41) is 2.72. The molecule has 2 rings (SSSR count). The van der Waals surface area contributed by atoms with Gasteiger partial charge in [-0.05, 0) is 55.0 Å². The van der Waals surface area contributed by atoms with E-state index in [1.54, 1.807) is 19.1 Å². The van der Waals surface area contributed by atoms with E-state index < -0.39 is 11.7 Å². The van der Waals surface area contributed by atoms with Gasteiger partial charge in [0.05, 0.1) is 6.04 Å². The van der Waals surface area contributed by atoms with Gasteiger partial charge in [0.25, 0.3) is 5.91 Å². The third-order valence-electron chi connectivity index (χ3n) is 5.37. The number of hydrogen-bond donors (Lipinski definition) is 3. The highest BCUT2D eigenvalue weighted by Crippen LogP contribution is 2.21. The molecule has 0 bridgehead atoms. The van der Waals surface area contributed by atoms with Crippen molar-refractivity contribution < 1.29 is 9.59 Å². The zero-order chi connectivity index (χ0) is 22.1. The Hall–Kier alpha value is -2.50. The lowest BCUT2D eigenvalue weighted by Crippen LogP contribution is -2.62. The highest BCUT2D eigenvalue weighted by molar-refractivity contribution is 6.00. The van der Waals surface area contributed by atoms with E-state index in [9.17, 15) is 9.59 Å². The van der Waals surface area contributed by atoms with Gasteiger partial charge < -0.3 is 16.8 Å². The van der Waals surface area contributed by atoms with Gasteiger partial charge >= 0.3 is 0 Å². The van der Waals surface area contributed by atoms with Crippen LogP contribution >= 0.6 is 0 Å². The van der Waals surface area contributed by atoms with Crippen LogP contribution in [0.2, 0.25) is 0 Å². The van der Waals surface area contributed by atoms with Gasteiger partial charge in [-0.1, -0.05) is 69.5 Å². The number of Topliss-reactive ketones (excluding diaryl/α,β-unsaturated/α-hetero) is 1. The zero-order valence-electron chi connectivity index (χ0n) is 18.4. The molecule has 0 aliphatic heterocycles. The van der Waals surface area contributed by atoms with Gasteiger partial charge in [-0.15, -0.1) is 0 Å². The average Bonchev–Trinajstić information content (AvgIpc) is 2.74. The maximum atomic E-state index is 12.6. The Morgan fingerprint density at radius 3 is 2.00 bits per heavy atom. The van der Waals surface area contributed by atoms with Crippen LogP contribution in [0.3, 0.4) is 0 Å². The van der Waals surface area contributed by atoms with Crippen molar-refractivity contribution >= 4 is 11.7 Å². The summed E-state index contributed by atoms with van der Waals surface area (Å²) >= 11 is 0. The van der Waals surface area contributed by atoms with Crippen molar-refractivity contribution in [3.63, 3.8) is 0 Å². The number of amides is 1. The van der Waals surface area contributed by atoms with Crippen LogP contribution in [0.4, 0.5) is 0 Å². The molecule has 5 N–H and O–H groups in total. The topological polar surface area (TPSA) is 98.2 Å². The van der Waals surface area contributed by atoms with Gasteiger partial charge in [0.2, 0.25) is 0 Å². The van der Waals surface area contributed by atoms with Gasteiger partial charge in [-0.25, -0.2) is 0 Å². The zero-order valence-corrected chi connectivity index (χ0v) is 18.4. The normalized spacial score (nSPS) is 12.4. The van der Waals surface area contributed by atoms with Crippen LogP contribution in [0.5, 0.6) is 0 Å². The molecule has 2 aromatic rings. The van der Waals surface area contributed by atoms with E-state index in [-0.39, 0.29) is 11.7 Å². The van der Waals surface area contributed by atoms with E-state index >= 15 is 0 Å². The molecular formula is C25H35N3O2. The number of nitrogens with one attached hydrogen (secondary N) is 1. The van der Waals surface area contributed by atoms with Crippen LogP contribution in [0.25, 0.3) is 11.1 Å². The molecule has 0 aliphatic rings. The van der Waals surface area contributed by atoms with E-state index in [1.807, 2.05) is 12.1 Å². The number of carbonyl (C=O) groups excluding carboxylic acids is 2. The van der Waals surface area contributed by atoms with Crippen LogP contribution < -0.4 is 16.8 Å². The fourth-order valence-corrected chi connectivity index (χ4v) is 3.51. The van der Waals surface area contributed by atoms with Gasteiger partial charge in [0, 0.05) is 5.56 Å². The van der Waals surface area contributed by atoms with E-state index in [1.165, 1.54) is 5.56 Å². The first kappa shape index (κ1) is 23.8. The molecule has 162 valence electrons. The fourth-order valence-electron chi connectivity index (χ4n) is 3.51. The van der Waals surface area contributed by atoms with Crippen LogP contribution in [0.15, 0.2) is 48.5 Å². The molecule has 2 aromatic carbocycles. The Labute approximate surface area is 180 Å². The van der Waals surface area contributed by atoms with Gasteiger partial charge in [-0.2, -0.15) is 0 Å². The third-order valence-corrected chi connectivity index (χ3v) is 5.37. The predicted octanol–water partition coefficient (Wildman–Crippen LogP) is 4.19. The van der Waals surface area contributed by atoms with Gasteiger partial charge in [0.1, 0.15) is 5.66 Å². The number of ketones is 1. The van der Waals surface area contributed by atoms with Crippen molar-refractivity contribution in [3.8, 4) is 11.1 Å². The molecule has 0 fully saturated rings. The summed E-state index contributed by atoms with van der Waals surface area (Å²) in [6, 6.07) is 15.1. The van der Waals surface area contributed by atoms with Gasteiger partial charge in [0.15, 0.2) is 5.78 Å². The summed E-state index contributed by atoms with van der Waals surface area (Å²) in [5.74, 6) is -0.666. The largest absolute Gasteiger partial charge is 0.342 e. The summed E-state index contributed by atoms with van der Waals surface area (Å²) in [6.45, 7) is 5.87. The van der Waals surface area contributed by atoms with Crippen LogP contribution in [-0.4, -0.2) is 23.4 Å². The fraction of sp³-hybridized carbons (Fsp3) is 0.440. The first-order valence-electron chi connectivity index (χ1n) is 10.9. The van der Waals surface area contributed by atoms with E-state index in [0.717, 1.165) is 43.2 Å². The average molecular weight is 410 g/mol. The number of aryl methyl sites for hydroxylation is 1. The summed E-state index contributed by atoms with van der Waals surface area (Å²) in [5.41, 5.74) is 14.6. The van der Waals surface area contributed by atoms with Crippen LogP contribution in [0.1, 0.15) is 68.8 Å². The number of rotatable bonds is 11. The Morgan fingerprint density at radius 1 is 0.900 bits per heavy atom. The van der Waals surface area contributed by atoms with Crippen molar-refractivity contribution in [1.82, 2.24) is 5.32 Å². The molecule has 5 nitrogen and oxygen atoms in total. The molecule has 1 unspecified atom stereocenters. The standard InChI is InChI=1S/C25H35N3O2/c1-4-6-7-17-25(26,27)23(29)18(3)28-24(30)22-15-13-21(14-16-22)20-11-9-19(8-5-2)10-12-20/h9-16,18H,4-8,17,26-27H2,1-3H3,(H,28,30). The second-order valence-corrected chi connectivity index (χ2v) is 8.08. The Morgan fingerprint density at radius 2 is 1.47 bits per heavy atom. The molecule has 30 heavy (non-hydrogen) atoms. The predicted molar refractivity (Wildman–Crippen MR) is 123 cm³/mol. The van der Waals surface area contributed by atoms with Crippen molar-refractivity contribution in [2.24, 2.45) is 11.5 Å². The van der Waals surface area contributed by atoms with Crippen LogP contribution in [0, 0.1) is 0 Å². The molecule has 1 amide bonds. The first-order chi connectivity index (χ1) is 14.3. The Balaban J connectivity index is 1.99. The molecule has 0 saturated heterocycles. The number of benzene rings is 2. The van der Waals surface area contributed by atoms with Crippen molar-refractivity contribution in [2.45, 2.75) is 71.0 Å². The molecule has 0 saturated carbocycles. The molecule has 0 heterocycles. The lowest BCUT2D eigenvalue weighted by molar-refractivity contribution is -0.125. The third kappa shape index (κ3) is 6.51. The quantitative estimate of drug-likeness (QED) is 0.383. The second-order valence-electron chi connectivity index (χ2n) is 8.08. The number of hydrogen-bond acceptors (Lipinski definition) is 4. The summed E-state index contributed by atoms with van der Waals surface area (Å²) < 4.78 is 0. The van der Waals surface area contributed by atoms with E-state index in [2.05, 4.69) is 43.4 Å². The highest BCUT2D eigenvalue weighted by Gasteiger charge is 2.33. The SMILES string of the molecule is CCCCCC(N)(N)C(=O)C(C)NC(=O)c1ccc(-c2ccc(CCC)cc2)cc1. The number of carbonyl (C=O) groups is 2. The monoisotopic (exact) mass is 409 g/mol. The minimum Gasteiger partial charge on any atom is -0.342 e. The van der Waals surface area contributed by atoms with Gasteiger partial charge in [-0.3, -0.25) is 9.59 Å². The Kier molecular flexibility index (Phi) is 8.75. The molecule has 0 spiro atoms. The minimum atomic E-state index is -1.42. The lowest BCUT2D eigenvalue weighted by atomic mass is 9.94. The first-order valence-corrected chi connectivity index (χ1v) is 10.9. The lowest BCUT2D eigenvalue weighted by Gasteiger charge is -2.26. The molecule has 1 atom stereocenters. The molecule has 0 radical (unpaired) electrons. The van der Waals surface area contributed by atoms with Crippen molar-refractivity contribution in [2.75, 3.05) is 0 Å².